The van der Waals surface area contributed by atoms with Crippen molar-refractivity contribution >= 4 is 17.8 Å². The van der Waals surface area contributed by atoms with Crippen LogP contribution in [0.15, 0.2) is 41.1 Å². The van der Waals surface area contributed by atoms with Crippen molar-refractivity contribution in [3.05, 3.63) is 54.0 Å². The van der Waals surface area contributed by atoms with Crippen molar-refractivity contribution in [1.82, 2.24) is 20.3 Å². The van der Waals surface area contributed by atoms with Crippen molar-refractivity contribution in [2.24, 2.45) is 17.3 Å². The van der Waals surface area contributed by atoms with E-state index in [9.17, 15) is 14.7 Å². The van der Waals surface area contributed by atoms with E-state index >= 15 is 0 Å². The molecule has 0 radical (unpaired) electrons. The Morgan fingerprint density at radius 2 is 1.80 bits per heavy atom. The van der Waals surface area contributed by atoms with Crippen molar-refractivity contribution in [1.29, 1.82) is 0 Å². The van der Waals surface area contributed by atoms with Gasteiger partial charge in [-0.25, -0.2) is 14.8 Å². The van der Waals surface area contributed by atoms with E-state index < -0.39 is 11.5 Å². The second-order valence-electron chi connectivity index (χ2n) is 14.9. The Bertz CT molecular complexity index is 1560. The lowest BCUT2D eigenvalue weighted by Gasteiger charge is -2.35. The topological polar surface area (TPSA) is 140 Å². The molecule has 0 bridgehead atoms. The number of anilines is 1. The third-order valence-electron chi connectivity index (χ3n) is 10.0. The molecule has 0 atom stereocenters. The van der Waals surface area contributed by atoms with Crippen molar-refractivity contribution in [3.63, 3.8) is 0 Å². The molecule has 0 aliphatic heterocycles. The number of alkyl carbamates (subject to hydrolysis) is 1. The van der Waals surface area contributed by atoms with Crippen LogP contribution in [-0.2, 0) is 9.53 Å². The summed E-state index contributed by atoms with van der Waals surface area (Å²) in [7, 11) is 1.67. The molecule has 2 fully saturated rings. The molecule has 2 N–H and O–H groups in total. The van der Waals surface area contributed by atoms with Gasteiger partial charge in [-0.15, -0.1) is 0 Å². The third kappa shape index (κ3) is 9.38. The van der Waals surface area contributed by atoms with Crippen LogP contribution in [0.1, 0.15) is 108 Å². The van der Waals surface area contributed by atoms with E-state index in [1.54, 1.807) is 19.6 Å². The summed E-state index contributed by atoms with van der Waals surface area (Å²) in [6.45, 7) is 10.7. The number of aliphatic hydroxyl groups is 1. The zero-order chi connectivity index (χ0) is 35.1. The maximum atomic E-state index is 14.4. The number of nitrogens with zero attached hydrogens (tertiary/aromatic N) is 4. The van der Waals surface area contributed by atoms with Crippen LogP contribution >= 0.6 is 0 Å². The first kappa shape index (κ1) is 36.3. The molecule has 0 aromatic carbocycles. The number of hydrogen-bond donors (Lipinski definition) is 2. The smallest absolute Gasteiger partial charge is 0.407 e. The Hall–Kier alpha value is -3.99. The van der Waals surface area contributed by atoms with E-state index in [-0.39, 0.29) is 30.5 Å². The molecule has 0 saturated heterocycles. The van der Waals surface area contributed by atoms with Crippen LogP contribution in [0.5, 0.6) is 5.75 Å². The maximum Gasteiger partial charge on any atom is 0.407 e. The lowest BCUT2D eigenvalue weighted by Crippen LogP contribution is -2.43. The van der Waals surface area contributed by atoms with E-state index in [1.165, 1.54) is 0 Å². The quantitative estimate of drug-likeness (QED) is 0.204. The van der Waals surface area contributed by atoms with Gasteiger partial charge in [-0.1, -0.05) is 27.7 Å². The summed E-state index contributed by atoms with van der Waals surface area (Å²) in [5, 5.41) is 12.2. The number of pyridine rings is 2. The number of rotatable bonds is 12. The molecule has 3 aromatic rings. The average molecular weight is 676 g/mol. The fourth-order valence-corrected chi connectivity index (χ4v) is 6.83. The highest BCUT2D eigenvalue weighted by molar-refractivity contribution is 5.94. The number of amides is 2. The zero-order valence-electron chi connectivity index (χ0n) is 29.9. The van der Waals surface area contributed by atoms with Crippen molar-refractivity contribution in [2.45, 2.75) is 104 Å². The minimum absolute atomic E-state index is 0.0344. The highest BCUT2D eigenvalue weighted by atomic mass is 16.6. The highest BCUT2D eigenvalue weighted by Crippen LogP contribution is 2.38. The lowest BCUT2D eigenvalue weighted by atomic mass is 9.79. The van der Waals surface area contributed by atoms with Gasteiger partial charge in [0.2, 0.25) is 5.91 Å². The molecule has 2 aliphatic rings. The monoisotopic (exact) mass is 675 g/mol. The van der Waals surface area contributed by atoms with Gasteiger partial charge in [-0.3, -0.25) is 14.7 Å². The van der Waals surface area contributed by atoms with Gasteiger partial charge in [0.1, 0.15) is 29.6 Å². The number of nitrogens with one attached hydrogen (secondary N) is 1. The first-order valence-corrected chi connectivity index (χ1v) is 17.8. The van der Waals surface area contributed by atoms with Crippen LogP contribution in [-0.4, -0.2) is 65.0 Å². The van der Waals surface area contributed by atoms with E-state index in [2.05, 4.69) is 16.4 Å². The minimum Gasteiger partial charge on any atom is -0.495 e. The largest absolute Gasteiger partial charge is 0.495 e. The summed E-state index contributed by atoms with van der Waals surface area (Å²) in [6.07, 6.45) is 9.17. The Morgan fingerprint density at radius 3 is 2.43 bits per heavy atom. The van der Waals surface area contributed by atoms with Crippen molar-refractivity contribution in [3.8, 4) is 17.0 Å². The molecule has 0 spiro atoms. The number of hydrogen-bond acceptors (Lipinski definition) is 9. The van der Waals surface area contributed by atoms with Crippen molar-refractivity contribution in [2.75, 3.05) is 31.7 Å². The molecule has 266 valence electrons. The number of carbonyl (C=O) groups excluding carboxylic acids is 2. The summed E-state index contributed by atoms with van der Waals surface area (Å²) in [5.41, 5.74) is 3.17. The minimum atomic E-state index is -0.483. The molecule has 2 amide bonds. The normalized spacial score (nSPS) is 21.3. The summed E-state index contributed by atoms with van der Waals surface area (Å²) >= 11 is 0. The summed E-state index contributed by atoms with van der Waals surface area (Å²) < 4.78 is 16.8. The molecule has 49 heavy (non-hydrogen) atoms. The van der Waals surface area contributed by atoms with Gasteiger partial charge < -0.3 is 24.3 Å². The molecule has 11 nitrogen and oxygen atoms in total. The number of ether oxygens (including phenoxy) is 2. The SMILES string of the molecule is COc1ccc(C2CCC(CN(C(=O)C3CCC(OC(=O)NCC(C)(C)CO)CC3)c3cc(-c4coc(C(C)C)n4)ccn3)CC2)nc1C. The predicted molar refractivity (Wildman–Crippen MR) is 187 cm³/mol. The first-order valence-electron chi connectivity index (χ1n) is 17.8. The molecule has 0 unspecified atom stereocenters. The van der Waals surface area contributed by atoms with Gasteiger partial charge in [-0.2, -0.15) is 0 Å². The van der Waals surface area contributed by atoms with E-state index in [0.29, 0.717) is 62.3 Å². The second-order valence-corrected chi connectivity index (χ2v) is 14.9. The number of aromatic nitrogens is 3. The number of carbonyl (C=O) groups is 2. The van der Waals surface area contributed by atoms with Crippen LogP contribution in [0.25, 0.3) is 11.3 Å². The van der Waals surface area contributed by atoms with Crippen molar-refractivity contribution < 1.29 is 28.6 Å². The maximum absolute atomic E-state index is 14.4. The van der Waals surface area contributed by atoms with E-state index in [1.807, 2.05) is 57.7 Å². The second kappa shape index (κ2) is 16.1. The average Bonchev–Trinajstić information content (AvgIpc) is 3.61. The van der Waals surface area contributed by atoms with E-state index in [4.69, 9.17) is 23.9 Å². The van der Waals surface area contributed by atoms with E-state index in [0.717, 1.165) is 54.1 Å². The number of aliphatic hydroxyl groups excluding tert-OH is 1. The predicted octanol–water partition coefficient (Wildman–Crippen LogP) is 7.18. The molecule has 11 heteroatoms. The molecule has 5 rings (SSSR count). The summed E-state index contributed by atoms with van der Waals surface area (Å²) in [4.78, 5) is 42.9. The third-order valence-corrected chi connectivity index (χ3v) is 10.0. The Morgan fingerprint density at radius 1 is 1.06 bits per heavy atom. The number of oxazole rings is 1. The van der Waals surface area contributed by atoms with Crippen LogP contribution in [0.2, 0.25) is 0 Å². The fourth-order valence-electron chi connectivity index (χ4n) is 6.83. The van der Waals surface area contributed by atoms with Gasteiger partial charge in [0.25, 0.3) is 0 Å². The summed E-state index contributed by atoms with van der Waals surface area (Å²) in [5.74, 6) is 2.85. The molecular weight excluding hydrogens is 622 g/mol. The lowest BCUT2D eigenvalue weighted by molar-refractivity contribution is -0.124. The van der Waals surface area contributed by atoms with Gasteiger partial charge in [0, 0.05) is 60.3 Å². The first-order chi connectivity index (χ1) is 23.5. The van der Waals surface area contributed by atoms with Gasteiger partial charge in [0.15, 0.2) is 5.89 Å². The number of aryl methyl sites for hydroxylation is 1. The van der Waals surface area contributed by atoms with Gasteiger partial charge in [0.05, 0.1) is 12.8 Å². The Balaban J connectivity index is 1.27. The molecule has 3 aromatic heterocycles. The highest BCUT2D eigenvalue weighted by Gasteiger charge is 2.34. The molecule has 2 aliphatic carbocycles. The van der Waals surface area contributed by atoms with Gasteiger partial charge >= 0.3 is 6.09 Å². The number of methoxy groups -OCH3 is 1. The fraction of sp³-hybridized carbons (Fsp3) is 0.605. The van der Waals surface area contributed by atoms with Crippen LogP contribution in [0, 0.1) is 24.2 Å². The molecule has 3 heterocycles. The van der Waals surface area contributed by atoms with Gasteiger partial charge in [-0.05, 0) is 88.5 Å². The Kier molecular flexibility index (Phi) is 12.0. The molecular formula is C38H53N5O6. The summed E-state index contributed by atoms with van der Waals surface area (Å²) in [6, 6.07) is 7.93. The zero-order valence-corrected chi connectivity index (χ0v) is 29.9. The standard InChI is InChI=1S/C38H53N5O6/c1-24(2)35-42-32(21-48-35)29-17-18-39-34(19-29)43(20-26-7-9-27(10-8-26)31-15-16-33(47-6)25(3)41-31)36(45)28-11-13-30(14-12-28)49-37(46)40-22-38(4,5)23-44/h15-19,21,24,26-28,30,44H,7-14,20,22-23H2,1-6H3,(H,40,46). The molecule has 2 saturated carbocycles. The van der Waals surface area contributed by atoms with Crippen LogP contribution in [0.3, 0.4) is 0 Å². The van der Waals surface area contributed by atoms with Crippen LogP contribution < -0.4 is 15.0 Å². The Labute approximate surface area is 290 Å². The van der Waals surface area contributed by atoms with Crippen LogP contribution in [0.4, 0.5) is 10.6 Å².